The Kier molecular flexibility index (Phi) is 8.29. The highest BCUT2D eigenvalue weighted by Crippen LogP contribution is 2.10. The summed E-state index contributed by atoms with van der Waals surface area (Å²) in [5, 5.41) is 8.87. The first-order chi connectivity index (χ1) is 9.20. The van der Waals surface area contributed by atoms with Crippen molar-refractivity contribution in [3.63, 3.8) is 0 Å². The second-order valence-corrected chi connectivity index (χ2v) is 5.51. The molecule has 0 fully saturated rings. The van der Waals surface area contributed by atoms with Crippen LogP contribution in [-0.4, -0.2) is 52.8 Å². The molecule has 0 bridgehead atoms. The molecule has 1 N–H and O–H groups in total. The zero-order valence-corrected chi connectivity index (χ0v) is 13.2. The maximum atomic E-state index is 12.1. The molecule has 20 heavy (non-hydrogen) atoms. The molecule has 0 heterocycles. The monoisotopic (exact) mass is 305 g/mol. The number of carboxylic acid groups (broad SMARTS) is 1. The zero-order chi connectivity index (χ0) is 15.9. The lowest BCUT2D eigenvalue weighted by molar-refractivity contribution is -0.159. The number of amides is 1. The third kappa shape index (κ3) is 6.27. The maximum absolute atomic E-state index is 12.1. The fourth-order valence-corrected chi connectivity index (χ4v) is 1.57. The largest absolute Gasteiger partial charge is 0.480 e. The number of hydrogen-bond donors (Lipinski definition) is 2. The molecule has 0 aromatic carbocycles. The molecule has 116 valence electrons. The Balaban J connectivity index is 4.88. The van der Waals surface area contributed by atoms with Crippen LogP contribution < -0.4 is 0 Å². The molecule has 0 aliphatic carbocycles. The van der Waals surface area contributed by atoms with Gasteiger partial charge in [0, 0.05) is 11.7 Å². The fraction of sp³-hybridized carbons (Fsp3) is 0.769. The molecule has 6 nitrogen and oxygen atoms in total. The van der Waals surface area contributed by atoms with Crippen molar-refractivity contribution in [2.24, 2.45) is 11.8 Å². The minimum Gasteiger partial charge on any atom is -0.480 e. The van der Waals surface area contributed by atoms with Crippen LogP contribution in [0.15, 0.2) is 0 Å². The van der Waals surface area contributed by atoms with Gasteiger partial charge in [-0.25, -0.2) is 4.79 Å². The summed E-state index contributed by atoms with van der Waals surface area (Å²) in [7, 11) is 0. The number of rotatable bonds is 8. The second kappa shape index (κ2) is 8.84. The molecule has 0 rings (SSSR count). The van der Waals surface area contributed by atoms with Gasteiger partial charge in [0.05, 0.1) is 6.61 Å². The van der Waals surface area contributed by atoms with Crippen LogP contribution in [0.3, 0.4) is 0 Å². The summed E-state index contributed by atoms with van der Waals surface area (Å²) in [6.07, 6.45) is 0. The molecule has 0 saturated heterocycles. The first-order valence-corrected chi connectivity index (χ1v) is 7.13. The van der Waals surface area contributed by atoms with Crippen LogP contribution in [0.1, 0.15) is 27.7 Å². The predicted octanol–water partition coefficient (Wildman–Crippen LogP) is 1.05. The SMILES string of the molecule is CC(C)COC(=O)[C@@H](C)N(CC(=O)O)C(=O)C(C)CS. The maximum Gasteiger partial charge on any atom is 0.328 e. The van der Waals surface area contributed by atoms with E-state index in [0.717, 1.165) is 4.90 Å². The van der Waals surface area contributed by atoms with Crippen LogP contribution in [0.25, 0.3) is 0 Å². The van der Waals surface area contributed by atoms with Crippen LogP contribution in [-0.2, 0) is 19.1 Å². The summed E-state index contributed by atoms with van der Waals surface area (Å²) < 4.78 is 5.05. The Morgan fingerprint density at radius 3 is 2.15 bits per heavy atom. The Hall–Kier alpha value is -1.24. The lowest BCUT2D eigenvalue weighted by Crippen LogP contribution is -2.49. The van der Waals surface area contributed by atoms with Crippen LogP contribution in [0.2, 0.25) is 0 Å². The number of esters is 1. The Morgan fingerprint density at radius 2 is 1.75 bits per heavy atom. The summed E-state index contributed by atoms with van der Waals surface area (Å²) in [4.78, 5) is 35.8. The lowest BCUT2D eigenvalue weighted by Gasteiger charge is -2.28. The van der Waals surface area contributed by atoms with Crippen molar-refractivity contribution in [2.75, 3.05) is 18.9 Å². The minimum absolute atomic E-state index is 0.172. The number of carbonyl (C=O) groups excluding carboxylic acids is 2. The normalized spacial score (nSPS) is 13.7. The van der Waals surface area contributed by atoms with E-state index in [9.17, 15) is 14.4 Å². The number of thiol groups is 1. The van der Waals surface area contributed by atoms with Gasteiger partial charge in [0.15, 0.2) is 0 Å². The molecule has 1 amide bonds. The molecular weight excluding hydrogens is 282 g/mol. The molecule has 2 atom stereocenters. The third-order valence-corrected chi connectivity index (χ3v) is 3.20. The van der Waals surface area contributed by atoms with Gasteiger partial charge in [0.25, 0.3) is 0 Å². The van der Waals surface area contributed by atoms with Crippen molar-refractivity contribution >= 4 is 30.5 Å². The summed E-state index contributed by atoms with van der Waals surface area (Å²) in [5.41, 5.74) is 0. The van der Waals surface area contributed by atoms with Crippen molar-refractivity contribution in [3.8, 4) is 0 Å². The quantitative estimate of drug-likeness (QED) is 0.517. The van der Waals surface area contributed by atoms with Crippen LogP contribution in [0.5, 0.6) is 0 Å². The van der Waals surface area contributed by atoms with E-state index in [1.165, 1.54) is 6.92 Å². The highest BCUT2D eigenvalue weighted by molar-refractivity contribution is 7.80. The Bertz CT molecular complexity index is 359. The van der Waals surface area contributed by atoms with Gasteiger partial charge >= 0.3 is 11.9 Å². The molecule has 0 aliphatic rings. The van der Waals surface area contributed by atoms with E-state index in [0.29, 0.717) is 0 Å². The molecule has 0 saturated carbocycles. The molecule has 1 unspecified atom stereocenters. The summed E-state index contributed by atoms with van der Waals surface area (Å²) >= 11 is 4.02. The lowest BCUT2D eigenvalue weighted by atomic mass is 10.1. The van der Waals surface area contributed by atoms with E-state index in [1.807, 2.05) is 13.8 Å². The average molecular weight is 305 g/mol. The molecule has 0 aromatic heterocycles. The molecule has 0 aromatic rings. The minimum atomic E-state index is -1.17. The third-order valence-electron chi connectivity index (χ3n) is 2.65. The van der Waals surface area contributed by atoms with Crippen LogP contribution in [0, 0.1) is 11.8 Å². The smallest absolute Gasteiger partial charge is 0.328 e. The molecular formula is C13H23NO5S. The van der Waals surface area contributed by atoms with Crippen molar-refractivity contribution in [1.82, 2.24) is 4.90 Å². The number of hydrogen-bond acceptors (Lipinski definition) is 5. The van der Waals surface area contributed by atoms with Crippen molar-refractivity contribution in [1.29, 1.82) is 0 Å². The van der Waals surface area contributed by atoms with E-state index >= 15 is 0 Å². The Labute approximate surface area is 124 Å². The number of aliphatic carboxylic acids is 1. The van der Waals surface area contributed by atoms with Gasteiger partial charge in [0.2, 0.25) is 5.91 Å². The van der Waals surface area contributed by atoms with Crippen LogP contribution in [0.4, 0.5) is 0 Å². The van der Waals surface area contributed by atoms with Gasteiger partial charge < -0.3 is 14.7 Å². The van der Waals surface area contributed by atoms with Crippen molar-refractivity contribution < 1.29 is 24.2 Å². The first-order valence-electron chi connectivity index (χ1n) is 6.50. The first kappa shape index (κ1) is 18.8. The standard InChI is InChI=1S/C13H23NO5S/c1-8(2)6-19-13(18)10(4)14(5-11(15)16)12(17)9(3)7-20/h8-10,20H,5-7H2,1-4H3,(H,15,16)/t9?,10-/m1/s1. The van der Waals surface area contributed by atoms with E-state index in [4.69, 9.17) is 9.84 Å². The molecule has 0 spiro atoms. The van der Waals surface area contributed by atoms with Gasteiger partial charge in [-0.1, -0.05) is 20.8 Å². The molecule has 0 aliphatic heterocycles. The van der Waals surface area contributed by atoms with Gasteiger partial charge in [-0.15, -0.1) is 0 Å². The second-order valence-electron chi connectivity index (χ2n) is 5.14. The number of carboxylic acids is 1. The van der Waals surface area contributed by atoms with Gasteiger partial charge in [0.1, 0.15) is 12.6 Å². The number of nitrogens with zero attached hydrogens (tertiary/aromatic N) is 1. The van der Waals surface area contributed by atoms with Crippen molar-refractivity contribution in [3.05, 3.63) is 0 Å². The zero-order valence-electron chi connectivity index (χ0n) is 12.3. The van der Waals surface area contributed by atoms with Crippen LogP contribution >= 0.6 is 12.6 Å². The number of carbonyl (C=O) groups is 3. The molecule has 0 radical (unpaired) electrons. The van der Waals surface area contributed by atoms with E-state index in [-0.39, 0.29) is 18.3 Å². The molecule has 7 heteroatoms. The predicted molar refractivity (Wildman–Crippen MR) is 77.6 cm³/mol. The highest BCUT2D eigenvalue weighted by Gasteiger charge is 2.31. The number of ether oxygens (including phenoxy) is 1. The summed E-state index contributed by atoms with van der Waals surface area (Å²) in [6.45, 7) is 6.59. The topological polar surface area (TPSA) is 83.9 Å². The van der Waals surface area contributed by atoms with E-state index < -0.39 is 36.4 Å². The highest BCUT2D eigenvalue weighted by atomic mass is 32.1. The summed E-state index contributed by atoms with van der Waals surface area (Å²) in [5.74, 6) is -2.20. The van der Waals surface area contributed by atoms with E-state index in [2.05, 4.69) is 12.6 Å². The fourth-order valence-electron chi connectivity index (χ4n) is 1.41. The van der Waals surface area contributed by atoms with E-state index in [1.54, 1.807) is 6.92 Å². The van der Waals surface area contributed by atoms with Gasteiger partial charge in [-0.3, -0.25) is 9.59 Å². The average Bonchev–Trinajstić information content (AvgIpc) is 2.39. The van der Waals surface area contributed by atoms with Gasteiger partial charge in [-0.2, -0.15) is 12.6 Å². The van der Waals surface area contributed by atoms with Gasteiger partial charge in [-0.05, 0) is 12.8 Å². The Morgan fingerprint density at radius 1 is 1.20 bits per heavy atom. The summed E-state index contributed by atoms with van der Waals surface area (Å²) in [6, 6.07) is -0.931. The van der Waals surface area contributed by atoms with Crippen molar-refractivity contribution in [2.45, 2.75) is 33.7 Å².